The molecule has 2 rings (SSSR count). The highest BCUT2D eigenvalue weighted by atomic mass is 19.1. The van der Waals surface area contributed by atoms with Crippen molar-refractivity contribution in [3.05, 3.63) is 29.6 Å². The summed E-state index contributed by atoms with van der Waals surface area (Å²) in [6.45, 7) is 5.45. The molecule has 0 bridgehead atoms. The van der Waals surface area contributed by atoms with Gasteiger partial charge in [0.2, 0.25) is 0 Å². The van der Waals surface area contributed by atoms with Crippen molar-refractivity contribution in [2.45, 2.75) is 32.7 Å². The van der Waals surface area contributed by atoms with Gasteiger partial charge < -0.3 is 4.90 Å². The van der Waals surface area contributed by atoms with Gasteiger partial charge in [0.15, 0.2) is 0 Å². The normalized spacial score (nSPS) is 15.9. The summed E-state index contributed by atoms with van der Waals surface area (Å²) >= 11 is 0. The standard InChI is InChI=1S/C12H16FN/c1-9(2)14-7-3-4-10-8-11(13)5-6-12(10)14/h5-6,8-9H,3-4,7H2,1-2H3. The maximum atomic E-state index is 13.0. The van der Waals surface area contributed by atoms with Gasteiger partial charge in [-0.05, 0) is 50.5 Å². The average Bonchev–Trinajstić information content (AvgIpc) is 2.16. The van der Waals surface area contributed by atoms with Crippen molar-refractivity contribution in [1.82, 2.24) is 0 Å². The largest absolute Gasteiger partial charge is 0.369 e. The van der Waals surface area contributed by atoms with Crippen LogP contribution in [0.1, 0.15) is 25.8 Å². The molecule has 0 atom stereocenters. The zero-order valence-electron chi connectivity index (χ0n) is 8.76. The SMILES string of the molecule is CC(C)N1CCCc2cc(F)ccc21. The molecule has 1 aromatic rings. The molecule has 0 saturated heterocycles. The molecule has 0 amide bonds. The second kappa shape index (κ2) is 3.60. The third-order valence-corrected chi connectivity index (χ3v) is 2.82. The summed E-state index contributed by atoms with van der Waals surface area (Å²) in [5.74, 6) is -0.116. The first-order valence-electron chi connectivity index (χ1n) is 5.23. The van der Waals surface area contributed by atoms with Gasteiger partial charge >= 0.3 is 0 Å². The number of fused-ring (bicyclic) bond motifs is 1. The van der Waals surface area contributed by atoms with Crippen molar-refractivity contribution in [2.75, 3.05) is 11.4 Å². The Labute approximate surface area is 84.5 Å². The van der Waals surface area contributed by atoms with Crippen LogP contribution in [-0.4, -0.2) is 12.6 Å². The lowest BCUT2D eigenvalue weighted by Gasteiger charge is -2.34. The van der Waals surface area contributed by atoms with Gasteiger partial charge in [0.1, 0.15) is 5.82 Å². The lowest BCUT2D eigenvalue weighted by molar-refractivity contribution is 0.603. The number of rotatable bonds is 1. The van der Waals surface area contributed by atoms with Crippen molar-refractivity contribution in [3.8, 4) is 0 Å². The van der Waals surface area contributed by atoms with Crippen molar-refractivity contribution >= 4 is 5.69 Å². The van der Waals surface area contributed by atoms with E-state index in [4.69, 9.17) is 0 Å². The maximum Gasteiger partial charge on any atom is 0.123 e. The zero-order valence-corrected chi connectivity index (χ0v) is 8.76. The fourth-order valence-corrected chi connectivity index (χ4v) is 2.13. The number of benzene rings is 1. The summed E-state index contributed by atoms with van der Waals surface area (Å²) in [6, 6.07) is 5.63. The summed E-state index contributed by atoms with van der Waals surface area (Å²) in [7, 11) is 0. The van der Waals surface area contributed by atoms with Crippen LogP contribution in [0.25, 0.3) is 0 Å². The molecule has 1 aliphatic heterocycles. The van der Waals surface area contributed by atoms with E-state index in [0.29, 0.717) is 6.04 Å². The minimum Gasteiger partial charge on any atom is -0.369 e. The Morgan fingerprint density at radius 3 is 2.86 bits per heavy atom. The molecule has 76 valence electrons. The minimum absolute atomic E-state index is 0.116. The van der Waals surface area contributed by atoms with Gasteiger partial charge in [-0.3, -0.25) is 0 Å². The molecule has 0 aromatic heterocycles. The van der Waals surface area contributed by atoms with Crippen LogP contribution in [0.4, 0.5) is 10.1 Å². The van der Waals surface area contributed by atoms with Crippen LogP contribution >= 0.6 is 0 Å². The predicted molar refractivity (Wildman–Crippen MR) is 57.2 cm³/mol. The molecule has 0 saturated carbocycles. The number of nitrogens with zero attached hydrogens (tertiary/aromatic N) is 1. The Bertz CT molecular complexity index is 333. The Morgan fingerprint density at radius 2 is 2.14 bits per heavy atom. The van der Waals surface area contributed by atoms with E-state index in [1.807, 2.05) is 6.07 Å². The molecule has 0 radical (unpaired) electrons. The van der Waals surface area contributed by atoms with E-state index in [2.05, 4.69) is 18.7 Å². The lowest BCUT2D eigenvalue weighted by atomic mass is 10.0. The summed E-state index contributed by atoms with van der Waals surface area (Å²) in [4.78, 5) is 2.35. The Hall–Kier alpha value is -1.05. The number of hydrogen-bond acceptors (Lipinski definition) is 1. The van der Waals surface area contributed by atoms with E-state index in [1.54, 1.807) is 12.1 Å². The summed E-state index contributed by atoms with van der Waals surface area (Å²) in [6.07, 6.45) is 2.14. The zero-order chi connectivity index (χ0) is 10.1. The third-order valence-electron chi connectivity index (χ3n) is 2.82. The smallest absolute Gasteiger partial charge is 0.123 e. The van der Waals surface area contributed by atoms with E-state index in [-0.39, 0.29) is 5.82 Å². The van der Waals surface area contributed by atoms with Crippen molar-refractivity contribution in [3.63, 3.8) is 0 Å². The number of halogens is 1. The molecule has 0 aliphatic carbocycles. The quantitative estimate of drug-likeness (QED) is 0.662. The highest BCUT2D eigenvalue weighted by Gasteiger charge is 2.18. The van der Waals surface area contributed by atoms with Crippen LogP contribution in [0, 0.1) is 5.82 Å². The van der Waals surface area contributed by atoms with Gasteiger partial charge in [-0.1, -0.05) is 0 Å². The molecular formula is C12H16FN. The van der Waals surface area contributed by atoms with E-state index >= 15 is 0 Å². The van der Waals surface area contributed by atoms with Gasteiger partial charge in [0.05, 0.1) is 0 Å². The molecule has 1 aromatic carbocycles. The predicted octanol–water partition coefficient (Wildman–Crippen LogP) is 2.99. The molecular weight excluding hydrogens is 177 g/mol. The monoisotopic (exact) mass is 193 g/mol. The van der Waals surface area contributed by atoms with E-state index < -0.39 is 0 Å². The second-order valence-corrected chi connectivity index (χ2v) is 4.16. The first-order valence-corrected chi connectivity index (χ1v) is 5.23. The van der Waals surface area contributed by atoms with E-state index in [9.17, 15) is 4.39 Å². The van der Waals surface area contributed by atoms with Gasteiger partial charge in [0.25, 0.3) is 0 Å². The van der Waals surface area contributed by atoms with Crippen molar-refractivity contribution in [1.29, 1.82) is 0 Å². The molecule has 0 spiro atoms. The van der Waals surface area contributed by atoms with Gasteiger partial charge in [-0.2, -0.15) is 0 Å². The highest BCUT2D eigenvalue weighted by Crippen LogP contribution is 2.28. The summed E-state index contributed by atoms with van der Waals surface area (Å²) < 4.78 is 13.0. The lowest BCUT2D eigenvalue weighted by Crippen LogP contribution is -2.35. The van der Waals surface area contributed by atoms with Crippen molar-refractivity contribution < 1.29 is 4.39 Å². The molecule has 1 aliphatic rings. The van der Waals surface area contributed by atoms with Crippen LogP contribution in [0.5, 0.6) is 0 Å². The molecule has 0 N–H and O–H groups in total. The van der Waals surface area contributed by atoms with Crippen LogP contribution < -0.4 is 4.90 Å². The summed E-state index contributed by atoms with van der Waals surface area (Å²) in [5.41, 5.74) is 2.37. The molecule has 14 heavy (non-hydrogen) atoms. The van der Waals surface area contributed by atoms with E-state index in [1.165, 1.54) is 5.69 Å². The Morgan fingerprint density at radius 1 is 1.36 bits per heavy atom. The van der Waals surface area contributed by atoms with Gasteiger partial charge in [0, 0.05) is 18.3 Å². The Kier molecular flexibility index (Phi) is 2.44. The molecule has 1 heterocycles. The minimum atomic E-state index is -0.116. The molecule has 2 heteroatoms. The van der Waals surface area contributed by atoms with E-state index in [0.717, 1.165) is 24.9 Å². The Balaban J connectivity index is 2.40. The van der Waals surface area contributed by atoms with Crippen molar-refractivity contribution in [2.24, 2.45) is 0 Å². The first-order chi connectivity index (χ1) is 6.68. The third kappa shape index (κ3) is 1.61. The average molecular weight is 193 g/mol. The molecule has 1 nitrogen and oxygen atoms in total. The topological polar surface area (TPSA) is 3.24 Å². The fourth-order valence-electron chi connectivity index (χ4n) is 2.13. The molecule has 0 unspecified atom stereocenters. The number of hydrogen-bond donors (Lipinski definition) is 0. The van der Waals surface area contributed by atoms with Crippen LogP contribution in [-0.2, 0) is 6.42 Å². The van der Waals surface area contributed by atoms with Gasteiger partial charge in [-0.15, -0.1) is 0 Å². The second-order valence-electron chi connectivity index (χ2n) is 4.16. The van der Waals surface area contributed by atoms with Crippen LogP contribution in [0.3, 0.4) is 0 Å². The summed E-state index contributed by atoms with van der Waals surface area (Å²) in [5, 5.41) is 0. The van der Waals surface area contributed by atoms with Gasteiger partial charge in [-0.25, -0.2) is 4.39 Å². The number of aryl methyl sites for hydroxylation is 1. The van der Waals surface area contributed by atoms with Crippen LogP contribution in [0.2, 0.25) is 0 Å². The fraction of sp³-hybridized carbons (Fsp3) is 0.500. The number of anilines is 1. The highest BCUT2D eigenvalue weighted by molar-refractivity contribution is 5.56. The molecule has 0 fully saturated rings. The van der Waals surface area contributed by atoms with Crippen LogP contribution in [0.15, 0.2) is 18.2 Å². The first kappa shape index (κ1) is 9.50. The maximum absolute atomic E-state index is 13.0.